The monoisotopic (exact) mass is 517 g/mol. The van der Waals surface area contributed by atoms with Crippen LogP contribution in [0.4, 0.5) is 39.5 Å². The summed E-state index contributed by atoms with van der Waals surface area (Å²) in [5.74, 6) is -1.91. The highest BCUT2D eigenvalue weighted by molar-refractivity contribution is 6.29. The summed E-state index contributed by atoms with van der Waals surface area (Å²) in [6.07, 6.45) is -14.9. The molecule has 0 saturated carbocycles. The van der Waals surface area contributed by atoms with Crippen LogP contribution in [0.2, 0.25) is 5.15 Å². The third-order valence-electron chi connectivity index (χ3n) is 4.22. The molecular formula is C18H9ClF9N5O. The van der Waals surface area contributed by atoms with E-state index in [1.54, 1.807) is 0 Å². The highest BCUT2D eigenvalue weighted by Crippen LogP contribution is 2.37. The van der Waals surface area contributed by atoms with Gasteiger partial charge in [-0.05, 0) is 35.9 Å². The first-order valence-electron chi connectivity index (χ1n) is 8.79. The highest BCUT2D eigenvalue weighted by atomic mass is 35.5. The van der Waals surface area contributed by atoms with Gasteiger partial charge in [0.1, 0.15) is 0 Å². The number of hydrogen-bond donors (Lipinski definition) is 1. The van der Waals surface area contributed by atoms with Crippen LogP contribution in [0.15, 0.2) is 36.5 Å². The highest BCUT2D eigenvalue weighted by Gasteiger charge is 2.41. The number of alkyl halides is 9. The SMILES string of the molecule is O=C(NCc1cc(C(F)(F)F)cc(C(F)(F)F)c1)c1cnn(-c2ccc(Cl)nn2)c1C(F)(F)F. The molecule has 3 rings (SSSR count). The quantitative estimate of drug-likeness (QED) is 0.477. The Bertz CT molecular complexity index is 1170. The summed E-state index contributed by atoms with van der Waals surface area (Å²) in [6, 6.07) is 2.70. The van der Waals surface area contributed by atoms with Gasteiger partial charge < -0.3 is 5.32 Å². The van der Waals surface area contributed by atoms with Gasteiger partial charge in [0, 0.05) is 6.54 Å². The zero-order valence-electron chi connectivity index (χ0n) is 16.1. The summed E-state index contributed by atoms with van der Waals surface area (Å²) in [5, 5.41) is 12.0. The number of nitrogens with one attached hydrogen (secondary N) is 1. The molecule has 2 heterocycles. The second-order valence-corrected chi connectivity index (χ2v) is 7.01. The molecule has 0 aliphatic carbocycles. The Morgan fingerprint density at radius 3 is 1.94 bits per heavy atom. The van der Waals surface area contributed by atoms with Crippen molar-refractivity contribution in [2.45, 2.75) is 25.1 Å². The van der Waals surface area contributed by atoms with Crippen LogP contribution in [0, 0.1) is 0 Å². The summed E-state index contributed by atoms with van der Waals surface area (Å²) in [4.78, 5) is 12.4. The van der Waals surface area contributed by atoms with Crippen molar-refractivity contribution in [2.75, 3.05) is 0 Å². The minimum atomic E-state index is -5.15. The standard InChI is InChI=1S/C18H9ClF9N5O/c19-12-1-2-13(32-31-12)33-14(18(26,27)28)11(7-30-33)15(34)29-6-8-3-9(16(20,21)22)5-10(4-8)17(23,24)25/h1-5,7H,6H2,(H,29,34). The summed E-state index contributed by atoms with van der Waals surface area (Å²) in [7, 11) is 0. The molecule has 0 bridgehead atoms. The molecule has 182 valence electrons. The Labute approximate surface area is 188 Å². The van der Waals surface area contributed by atoms with Crippen LogP contribution in [0.3, 0.4) is 0 Å². The largest absolute Gasteiger partial charge is 0.434 e. The normalized spacial score (nSPS) is 12.6. The first-order chi connectivity index (χ1) is 15.6. The summed E-state index contributed by atoms with van der Waals surface area (Å²) in [5.41, 5.74) is -6.57. The van der Waals surface area contributed by atoms with Gasteiger partial charge in [-0.1, -0.05) is 11.6 Å². The van der Waals surface area contributed by atoms with Gasteiger partial charge in [0.15, 0.2) is 16.7 Å². The third kappa shape index (κ3) is 5.58. The predicted octanol–water partition coefficient (Wildman–Crippen LogP) is 5.30. The molecule has 0 atom stereocenters. The van der Waals surface area contributed by atoms with E-state index in [0.29, 0.717) is 18.3 Å². The van der Waals surface area contributed by atoms with Crippen molar-refractivity contribution in [3.8, 4) is 5.82 Å². The van der Waals surface area contributed by atoms with E-state index in [0.717, 1.165) is 12.1 Å². The second-order valence-electron chi connectivity index (χ2n) is 6.63. The van der Waals surface area contributed by atoms with E-state index in [-0.39, 0.29) is 15.9 Å². The van der Waals surface area contributed by atoms with Gasteiger partial charge in [-0.3, -0.25) is 4.79 Å². The molecule has 16 heteroatoms. The van der Waals surface area contributed by atoms with E-state index >= 15 is 0 Å². The van der Waals surface area contributed by atoms with Crippen LogP contribution >= 0.6 is 11.6 Å². The zero-order chi connectivity index (χ0) is 25.5. The lowest BCUT2D eigenvalue weighted by molar-refractivity contribution is -0.144. The molecule has 0 radical (unpaired) electrons. The van der Waals surface area contributed by atoms with Gasteiger partial charge >= 0.3 is 18.5 Å². The topological polar surface area (TPSA) is 72.7 Å². The lowest BCUT2D eigenvalue weighted by Crippen LogP contribution is -2.27. The zero-order valence-corrected chi connectivity index (χ0v) is 16.9. The molecule has 1 amide bonds. The van der Waals surface area contributed by atoms with Crippen molar-refractivity contribution < 1.29 is 44.3 Å². The van der Waals surface area contributed by atoms with Crippen molar-refractivity contribution in [3.05, 3.63) is 69.6 Å². The molecule has 0 saturated heterocycles. The van der Waals surface area contributed by atoms with Crippen molar-refractivity contribution in [1.82, 2.24) is 25.3 Å². The fourth-order valence-electron chi connectivity index (χ4n) is 2.78. The molecule has 6 nitrogen and oxygen atoms in total. The van der Waals surface area contributed by atoms with E-state index in [4.69, 9.17) is 11.6 Å². The van der Waals surface area contributed by atoms with Gasteiger partial charge in [0.05, 0.1) is 22.9 Å². The first-order valence-corrected chi connectivity index (χ1v) is 9.16. The number of amides is 1. The molecule has 0 unspecified atom stereocenters. The minimum absolute atomic E-state index is 0.121. The van der Waals surface area contributed by atoms with Crippen LogP contribution in [0.25, 0.3) is 5.82 Å². The van der Waals surface area contributed by atoms with Crippen LogP contribution < -0.4 is 5.32 Å². The lowest BCUT2D eigenvalue weighted by Gasteiger charge is -2.15. The summed E-state index contributed by atoms with van der Waals surface area (Å²) < 4.78 is 119. The smallest absolute Gasteiger partial charge is 0.348 e. The van der Waals surface area contributed by atoms with E-state index in [1.165, 1.54) is 0 Å². The van der Waals surface area contributed by atoms with Gasteiger partial charge in [0.2, 0.25) is 0 Å². The van der Waals surface area contributed by atoms with Gasteiger partial charge in [-0.15, -0.1) is 10.2 Å². The summed E-state index contributed by atoms with van der Waals surface area (Å²) >= 11 is 5.53. The number of halogens is 10. The number of benzene rings is 1. The lowest BCUT2D eigenvalue weighted by atomic mass is 10.0. The van der Waals surface area contributed by atoms with Crippen molar-refractivity contribution in [2.24, 2.45) is 0 Å². The van der Waals surface area contributed by atoms with Gasteiger partial charge in [-0.25, -0.2) is 4.68 Å². The third-order valence-corrected chi connectivity index (χ3v) is 4.42. The number of carbonyl (C=O) groups excluding carboxylic acids is 1. The van der Waals surface area contributed by atoms with Crippen LogP contribution in [0.5, 0.6) is 0 Å². The number of rotatable bonds is 4. The van der Waals surface area contributed by atoms with Gasteiger partial charge in [-0.2, -0.15) is 44.6 Å². The first kappa shape index (κ1) is 25.3. The number of hydrogen-bond acceptors (Lipinski definition) is 4. The maximum Gasteiger partial charge on any atom is 0.434 e. The minimum Gasteiger partial charge on any atom is -0.348 e. The Balaban J connectivity index is 1.93. The fourth-order valence-corrected chi connectivity index (χ4v) is 2.88. The summed E-state index contributed by atoms with van der Waals surface area (Å²) in [6.45, 7) is -0.935. The van der Waals surface area contributed by atoms with Crippen molar-refractivity contribution >= 4 is 17.5 Å². The molecular weight excluding hydrogens is 509 g/mol. The van der Waals surface area contributed by atoms with Gasteiger partial charge in [0.25, 0.3) is 5.91 Å². The molecule has 3 aromatic rings. The molecule has 1 aromatic carbocycles. The number of aromatic nitrogens is 4. The van der Waals surface area contributed by atoms with Crippen LogP contribution in [0.1, 0.15) is 32.7 Å². The average Bonchev–Trinajstić information content (AvgIpc) is 3.17. The molecule has 0 aliphatic heterocycles. The van der Waals surface area contributed by atoms with E-state index in [1.807, 2.05) is 5.32 Å². The predicted molar refractivity (Wildman–Crippen MR) is 96.8 cm³/mol. The van der Waals surface area contributed by atoms with Crippen LogP contribution in [-0.4, -0.2) is 25.9 Å². The maximum absolute atomic E-state index is 13.6. The molecule has 0 aliphatic rings. The van der Waals surface area contributed by atoms with Crippen LogP contribution in [-0.2, 0) is 25.1 Å². The molecule has 0 spiro atoms. The Hall–Kier alpha value is -3.36. The van der Waals surface area contributed by atoms with Crippen molar-refractivity contribution in [1.29, 1.82) is 0 Å². The van der Waals surface area contributed by atoms with Crippen molar-refractivity contribution in [3.63, 3.8) is 0 Å². The second kappa shape index (κ2) is 8.77. The average molecular weight is 518 g/mol. The fraction of sp³-hybridized carbons (Fsp3) is 0.222. The van der Waals surface area contributed by atoms with E-state index in [2.05, 4.69) is 15.3 Å². The molecule has 34 heavy (non-hydrogen) atoms. The Kier molecular flexibility index (Phi) is 6.52. The molecule has 0 fully saturated rings. The molecule has 1 N–H and O–H groups in total. The number of nitrogens with zero attached hydrogens (tertiary/aromatic N) is 4. The maximum atomic E-state index is 13.6. The molecule has 2 aromatic heterocycles. The van der Waals surface area contributed by atoms with E-state index in [9.17, 15) is 44.3 Å². The number of carbonyl (C=O) groups is 1. The Morgan fingerprint density at radius 1 is 0.882 bits per heavy atom. The van der Waals surface area contributed by atoms with E-state index < -0.39 is 64.7 Å². The Morgan fingerprint density at radius 2 is 1.47 bits per heavy atom.